The molecule has 1 rings (SSSR count). The zero-order valence-electron chi connectivity index (χ0n) is 7.19. The maximum Gasteiger partial charge on any atom is 0.351 e. The number of rotatable bonds is 3. The highest BCUT2D eigenvalue weighted by Crippen LogP contribution is 2.15. The quantitative estimate of drug-likeness (QED) is 0.336. The molecule has 1 aromatic carbocycles. The number of carbonyl (C=O) groups is 1. The number of azide groups is 1. The predicted molar refractivity (Wildman–Crippen MR) is 49.6 cm³/mol. The second-order valence-corrected chi connectivity index (χ2v) is 2.89. The van der Waals surface area contributed by atoms with Crippen LogP contribution in [-0.4, -0.2) is 14.7 Å². The number of hydrogen-bond donors (Lipinski definition) is 0. The van der Waals surface area contributed by atoms with Crippen molar-refractivity contribution < 1.29 is 17.7 Å². The molecule has 8 heteroatoms. The van der Waals surface area contributed by atoms with E-state index in [2.05, 4.69) is 14.2 Å². The number of hydrogen-bond acceptors (Lipinski definition) is 5. The van der Waals surface area contributed by atoms with E-state index in [1.165, 1.54) is 24.3 Å². The van der Waals surface area contributed by atoms with Crippen molar-refractivity contribution in [2.75, 3.05) is 0 Å². The van der Waals surface area contributed by atoms with E-state index in [1.54, 1.807) is 0 Å². The van der Waals surface area contributed by atoms with Gasteiger partial charge in [-0.1, -0.05) is 17.2 Å². The van der Waals surface area contributed by atoms with Crippen molar-refractivity contribution in [1.82, 2.24) is 0 Å². The van der Waals surface area contributed by atoms with Crippen molar-refractivity contribution in [1.29, 1.82) is 0 Å². The molecule has 1 aromatic rings. The molecule has 0 fully saturated rings. The summed E-state index contributed by atoms with van der Waals surface area (Å²) in [7, 11) is 0. The van der Waals surface area contributed by atoms with E-state index in [0.29, 0.717) is 0 Å². The van der Waals surface area contributed by atoms with Gasteiger partial charge in [0.15, 0.2) is 0 Å². The summed E-state index contributed by atoms with van der Waals surface area (Å²) < 4.78 is 24.0. The molecule has 0 heterocycles. The molecule has 1 atom stereocenters. The Bertz CT molecular complexity index is 455. The van der Waals surface area contributed by atoms with Crippen molar-refractivity contribution in [3.63, 3.8) is 0 Å². The summed E-state index contributed by atoms with van der Waals surface area (Å²) in [5.41, 5.74) is 8.33. The molecule has 0 aliphatic heterocycles. The van der Waals surface area contributed by atoms with Gasteiger partial charge in [-0.3, -0.25) is 0 Å². The van der Waals surface area contributed by atoms with Crippen LogP contribution in [0, 0.1) is 0 Å². The van der Waals surface area contributed by atoms with Gasteiger partial charge in [0, 0.05) is 10.6 Å². The van der Waals surface area contributed by atoms with Crippen molar-refractivity contribution in [3.05, 3.63) is 40.3 Å². The fourth-order valence-corrected chi connectivity index (χ4v) is 1.08. The maximum absolute atomic E-state index is 11.1. The van der Waals surface area contributed by atoms with Crippen molar-refractivity contribution in [2.24, 2.45) is 5.11 Å². The zero-order chi connectivity index (χ0) is 11.3. The normalized spacial score (nSPS) is 11.3. The molecular weight excluding hydrogens is 222 g/mol. The molecule has 0 saturated carbocycles. The minimum Gasteiger partial charge on any atom is -0.740 e. The molecule has 0 saturated heterocycles. The molecule has 0 spiro atoms. The monoisotopic (exact) mass is 226 g/mol. The van der Waals surface area contributed by atoms with Crippen LogP contribution < -0.4 is 0 Å². The van der Waals surface area contributed by atoms with E-state index >= 15 is 0 Å². The summed E-state index contributed by atoms with van der Waals surface area (Å²) >= 11 is -2.91. The zero-order valence-corrected chi connectivity index (χ0v) is 8.01. The summed E-state index contributed by atoms with van der Waals surface area (Å²) in [4.78, 5) is 13.6. The molecule has 0 aliphatic rings. The Hall–Kier alpha value is -1.89. The summed E-state index contributed by atoms with van der Waals surface area (Å²) in [5, 5.41) is 3.25. The van der Waals surface area contributed by atoms with Gasteiger partial charge in [-0.05, 0) is 17.7 Å². The maximum atomic E-state index is 11.1. The first kappa shape index (κ1) is 11.2. The molecule has 0 aliphatic carbocycles. The number of benzene rings is 1. The molecule has 15 heavy (non-hydrogen) atoms. The third-order valence-electron chi connectivity index (χ3n) is 1.39. The average molecular weight is 226 g/mol. The van der Waals surface area contributed by atoms with Crippen molar-refractivity contribution in [3.8, 4) is 0 Å². The van der Waals surface area contributed by atoms with Gasteiger partial charge >= 0.3 is 5.97 Å². The highest BCUT2D eigenvalue weighted by Gasteiger charge is 2.07. The summed E-state index contributed by atoms with van der Waals surface area (Å²) in [6.45, 7) is 0. The van der Waals surface area contributed by atoms with Gasteiger partial charge in [-0.2, -0.15) is 0 Å². The Morgan fingerprint density at radius 3 is 2.93 bits per heavy atom. The van der Waals surface area contributed by atoms with Gasteiger partial charge in [-0.15, -0.1) is 0 Å². The fraction of sp³-hybridized carbons (Fsp3) is 0. The van der Waals surface area contributed by atoms with E-state index in [-0.39, 0.29) is 11.3 Å². The van der Waals surface area contributed by atoms with Crippen molar-refractivity contribution in [2.45, 2.75) is 0 Å². The Balaban J connectivity index is 2.94. The minimum absolute atomic E-state index is 0.0101. The topological polar surface area (TPSA) is 115 Å². The van der Waals surface area contributed by atoms with E-state index in [4.69, 9.17) is 5.53 Å². The first-order chi connectivity index (χ1) is 7.13. The van der Waals surface area contributed by atoms with Gasteiger partial charge in [-0.25, -0.2) is 9.00 Å². The van der Waals surface area contributed by atoms with Gasteiger partial charge in [0.2, 0.25) is 0 Å². The summed E-state index contributed by atoms with van der Waals surface area (Å²) in [6.07, 6.45) is 0. The van der Waals surface area contributed by atoms with E-state index in [1.807, 2.05) is 0 Å². The first-order valence-corrected chi connectivity index (χ1v) is 4.60. The Morgan fingerprint density at radius 1 is 1.60 bits per heavy atom. The van der Waals surface area contributed by atoms with Gasteiger partial charge in [0.1, 0.15) is 11.4 Å². The van der Waals surface area contributed by atoms with Crippen LogP contribution in [0.25, 0.3) is 10.4 Å². The fourth-order valence-electron chi connectivity index (χ4n) is 0.857. The van der Waals surface area contributed by atoms with Crippen LogP contribution in [-0.2, 0) is 15.5 Å². The number of carbonyl (C=O) groups excluding carboxylic acids is 1. The molecule has 0 aromatic heterocycles. The standard InChI is InChI=1S/C7H5N3O4S/c8-10-9-6-3-1-2-5(4-6)7(11)14-15(12)13/h1-4H,(H,12,13)/p-1. The van der Waals surface area contributed by atoms with Gasteiger partial charge in [0.25, 0.3) is 0 Å². The van der Waals surface area contributed by atoms with Crippen LogP contribution in [0.4, 0.5) is 5.69 Å². The molecule has 1 unspecified atom stereocenters. The predicted octanol–water partition coefficient (Wildman–Crippen LogP) is 1.58. The van der Waals surface area contributed by atoms with Crippen LogP contribution in [0.1, 0.15) is 10.4 Å². The minimum atomic E-state index is -2.91. The second kappa shape index (κ2) is 5.11. The summed E-state index contributed by atoms with van der Waals surface area (Å²) in [6, 6.07) is 5.46. The Morgan fingerprint density at radius 2 is 2.33 bits per heavy atom. The van der Waals surface area contributed by atoms with Crippen LogP contribution in [0.5, 0.6) is 0 Å². The molecule has 7 nitrogen and oxygen atoms in total. The largest absolute Gasteiger partial charge is 0.740 e. The highest BCUT2D eigenvalue weighted by molar-refractivity contribution is 7.74. The van der Waals surface area contributed by atoms with Crippen LogP contribution >= 0.6 is 0 Å². The van der Waals surface area contributed by atoms with E-state index in [0.717, 1.165) is 0 Å². The highest BCUT2D eigenvalue weighted by atomic mass is 32.2. The molecular formula is C7H4N3O4S-. The van der Waals surface area contributed by atoms with E-state index < -0.39 is 17.3 Å². The Labute approximate surface area is 86.8 Å². The van der Waals surface area contributed by atoms with Crippen LogP contribution in [0.2, 0.25) is 0 Å². The first-order valence-electron chi connectivity index (χ1n) is 3.60. The average Bonchev–Trinajstić information content (AvgIpc) is 2.17. The SMILES string of the molecule is [N-]=[N+]=Nc1cccc(C(=O)OS(=O)[O-])c1. The lowest BCUT2D eigenvalue weighted by molar-refractivity contribution is 0.0742. The third-order valence-corrected chi connectivity index (χ3v) is 1.67. The lowest BCUT2D eigenvalue weighted by atomic mass is 10.2. The van der Waals surface area contributed by atoms with Crippen LogP contribution in [0.3, 0.4) is 0 Å². The summed E-state index contributed by atoms with van der Waals surface area (Å²) in [5.74, 6) is -1.03. The van der Waals surface area contributed by atoms with Gasteiger partial charge in [0.05, 0.1) is 5.56 Å². The van der Waals surface area contributed by atoms with E-state index in [9.17, 15) is 13.6 Å². The van der Waals surface area contributed by atoms with Gasteiger partial charge < -0.3 is 8.74 Å². The molecule has 0 N–H and O–H groups in total. The molecule has 0 radical (unpaired) electrons. The van der Waals surface area contributed by atoms with Crippen LogP contribution in [0.15, 0.2) is 29.4 Å². The van der Waals surface area contributed by atoms with Crippen molar-refractivity contribution >= 4 is 23.0 Å². The lowest BCUT2D eigenvalue weighted by Crippen LogP contribution is -2.06. The lowest BCUT2D eigenvalue weighted by Gasteiger charge is -2.05. The second-order valence-electron chi connectivity index (χ2n) is 2.31. The molecule has 0 amide bonds. The molecule has 78 valence electrons. The Kier molecular flexibility index (Phi) is 3.81. The smallest absolute Gasteiger partial charge is 0.351 e. The molecule has 0 bridgehead atoms. The third kappa shape index (κ3) is 3.39. The number of nitrogens with zero attached hydrogens (tertiary/aromatic N) is 3.